The maximum absolute atomic E-state index is 10.4. The number of phenolic OH excluding ortho intramolecular Hbond substituents is 6. The fourth-order valence-electron chi connectivity index (χ4n) is 4.45. The Bertz CT molecular complexity index is 1420. The molecule has 7 heteroatoms. The number of hydrogen-bond donors (Lipinski definition) is 6. The molecule has 2 atom stereocenters. The molecule has 0 spiro atoms. The van der Waals surface area contributed by atoms with Gasteiger partial charge in [0.2, 0.25) is 0 Å². The van der Waals surface area contributed by atoms with Crippen LogP contribution in [0, 0.1) is 0 Å². The Morgan fingerprint density at radius 2 is 1.26 bits per heavy atom. The van der Waals surface area contributed by atoms with Gasteiger partial charge in [0.15, 0.2) is 11.5 Å². The molecule has 6 N–H and O–H groups in total. The summed E-state index contributed by atoms with van der Waals surface area (Å²) >= 11 is 0. The molecule has 35 heavy (non-hydrogen) atoms. The molecule has 0 fully saturated rings. The molecule has 7 nitrogen and oxygen atoms in total. The van der Waals surface area contributed by atoms with Gasteiger partial charge in [0.1, 0.15) is 34.9 Å². The Kier molecular flexibility index (Phi) is 5.37. The fourth-order valence-corrected chi connectivity index (χ4v) is 4.45. The van der Waals surface area contributed by atoms with E-state index in [-0.39, 0.29) is 34.5 Å². The summed E-state index contributed by atoms with van der Waals surface area (Å²) in [5.41, 5.74) is 3.29. The first-order valence-corrected chi connectivity index (χ1v) is 10.8. The van der Waals surface area contributed by atoms with Gasteiger partial charge >= 0.3 is 0 Å². The molecule has 1 aliphatic rings. The van der Waals surface area contributed by atoms with E-state index in [2.05, 4.69) is 0 Å². The van der Waals surface area contributed by atoms with Crippen LogP contribution in [0.4, 0.5) is 0 Å². The summed E-state index contributed by atoms with van der Waals surface area (Å²) in [5.74, 6) is -0.826. The van der Waals surface area contributed by atoms with Crippen LogP contribution in [0.25, 0.3) is 12.2 Å². The number of ether oxygens (including phenoxy) is 1. The lowest BCUT2D eigenvalue weighted by Gasteiger charge is -2.21. The fraction of sp³-hybridized carbons (Fsp3) is 0.0714. The number of benzene rings is 4. The van der Waals surface area contributed by atoms with E-state index < -0.39 is 12.0 Å². The molecule has 4 aromatic carbocycles. The number of fused-ring (bicyclic) bond motifs is 1. The van der Waals surface area contributed by atoms with E-state index in [9.17, 15) is 30.6 Å². The summed E-state index contributed by atoms with van der Waals surface area (Å²) in [4.78, 5) is 0. The third-order valence-electron chi connectivity index (χ3n) is 5.99. The number of phenols is 6. The normalized spacial score (nSPS) is 16.8. The van der Waals surface area contributed by atoms with Gasteiger partial charge in [-0.2, -0.15) is 0 Å². The lowest BCUT2D eigenvalue weighted by molar-refractivity contribution is 0.221. The van der Waals surface area contributed by atoms with Crippen LogP contribution >= 0.6 is 0 Å². The Morgan fingerprint density at radius 1 is 0.571 bits per heavy atom. The van der Waals surface area contributed by atoms with Gasteiger partial charge in [0.25, 0.3) is 0 Å². The van der Waals surface area contributed by atoms with E-state index in [0.29, 0.717) is 28.0 Å². The third-order valence-corrected chi connectivity index (χ3v) is 5.99. The number of aromatic hydroxyl groups is 6. The maximum atomic E-state index is 10.4. The second-order valence-electron chi connectivity index (χ2n) is 8.42. The summed E-state index contributed by atoms with van der Waals surface area (Å²) in [7, 11) is 0. The second kappa shape index (κ2) is 8.53. The standard InChI is InChI=1S/C28H22O7/c29-19-6-2-15(3-7-19)1-4-16-9-22(32)14-25-26(16)27(18-10-20(30)13-21(31)11-18)28(35-25)17-5-8-23(33)24(34)12-17/h1-14,27-34H/b4-1+/t27-,28+/m1/s1. The highest BCUT2D eigenvalue weighted by Gasteiger charge is 2.39. The van der Waals surface area contributed by atoms with Gasteiger partial charge in [-0.05, 0) is 64.7 Å². The van der Waals surface area contributed by atoms with Crippen LogP contribution < -0.4 is 4.74 Å². The molecule has 0 amide bonds. The van der Waals surface area contributed by atoms with Crippen LogP contribution in [-0.2, 0) is 0 Å². The van der Waals surface area contributed by atoms with Gasteiger partial charge in [-0.3, -0.25) is 0 Å². The van der Waals surface area contributed by atoms with Crippen molar-refractivity contribution < 1.29 is 35.4 Å². The predicted octanol–water partition coefficient (Wildman–Crippen LogP) is 5.36. The Morgan fingerprint density at radius 3 is 1.94 bits per heavy atom. The van der Waals surface area contributed by atoms with E-state index in [1.165, 1.54) is 36.4 Å². The molecule has 0 unspecified atom stereocenters. The van der Waals surface area contributed by atoms with Crippen molar-refractivity contribution in [2.75, 3.05) is 0 Å². The summed E-state index contributed by atoms with van der Waals surface area (Å²) in [6.45, 7) is 0. The summed E-state index contributed by atoms with van der Waals surface area (Å²) in [6, 6.07) is 18.4. The van der Waals surface area contributed by atoms with Crippen LogP contribution in [0.5, 0.6) is 40.2 Å². The summed E-state index contributed by atoms with van der Waals surface area (Å²) in [6.07, 6.45) is 2.94. The quantitative estimate of drug-likeness (QED) is 0.175. The monoisotopic (exact) mass is 470 g/mol. The van der Waals surface area contributed by atoms with E-state index in [1.54, 1.807) is 42.5 Å². The summed E-state index contributed by atoms with van der Waals surface area (Å²) < 4.78 is 6.24. The minimum atomic E-state index is -0.694. The van der Waals surface area contributed by atoms with Crippen molar-refractivity contribution in [3.63, 3.8) is 0 Å². The van der Waals surface area contributed by atoms with Crippen molar-refractivity contribution in [3.8, 4) is 40.2 Å². The molecule has 5 rings (SSSR count). The Labute approximate surface area is 200 Å². The largest absolute Gasteiger partial charge is 0.508 e. The second-order valence-corrected chi connectivity index (χ2v) is 8.42. The first kappa shape index (κ1) is 22.0. The van der Waals surface area contributed by atoms with Crippen LogP contribution in [0.3, 0.4) is 0 Å². The molecule has 0 radical (unpaired) electrons. The van der Waals surface area contributed by atoms with Crippen LogP contribution in [0.2, 0.25) is 0 Å². The van der Waals surface area contributed by atoms with Crippen molar-refractivity contribution in [2.45, 2.75) is 12.0 Å². The highest BCUT2D eigenvalue weighted by molar-refractivity contribution is 5.75. The van der Waals surface area contributed by atoms with Crippen molar-refractivity contribution >= 4 is 12.2 Å². The minimum absolute atomic E-state index is 0.0131. The van der Waals surface area contributed by atoms with Gasteiger partial charge in [0.05, 0.1) is 5.92 Å². The maximum Gasteiger partial charge on any atom is 0.157 e. The average molecular weight is 470 g/mol. The zero-order valence-electron chi connectivity index (χ0n) is 18.3. The zero-order chi connectivity index (χ0) is 24.7. The van der Waals surface area contributed by atoms with E-state index in [1.807, 2.05) is 6.08 Å². The van der Waals surface area contributed by atoms with E-state index >= 15 is 0 Å². The van der Waals surface area contributed by atoms with Crippen LogP contribution in [0.15, 0.2) is 72.8 Å². The van der Waals surface area contributed by atoms with Gasteiger partial charge < -0.3 is 35.4 Å². The average Bonchev–Trinajstić information content (AvgIpc) is 3.19. The molecular formula is C28H22O7. The van der Waals surface area contributed by atoms with Crippen molar-refractivity contribution in [2.24, 2.45) is 0 Å². The first-order chi connectivity index (χ1) is 16.8. The SMILES string of the molecule is Oc1ccc(/C=C/c2cc(O)cc3c2[C@@H](c2cc(O)cc(O)c2)[C@H](c2ccc(O)c(O)c2)O3)cc1. The van der Waals surface area contributed by atoms with E-state index in [4.69, 9.17) is 4.74 Å². The molecule has 176 valence electrons. The molecule has 4 aromatic rings. The topological polar surface area (TPSA) is 131 Å². The minimum Gasteiger partial charge on any atom is -0.508 e. The zero-order valence-corrected chi connectivity index (χ0v) is 18.3. The van der Waals surface area contributed by atoms with Crippen molar-refractivity contribution in [1.82, 2.24) is 0 Å². The number of hydrogen-bond acceptors (Lipinski definition) is 7. The molecule has 1 heterocycles. The molecule has 0 aromatic heterocycles. The van der Waals surface area contributed by atoms with Crippen molar-refractivity contribution in [3.05, 3.63) is 101 Å². The van der Waals surface area contributed by atoms with Gasteiger partial charge in [-0.15, -0.1) is 0 Å². The molecule has 0 bridgehead atoms. The molecule has 1 aliphatic heterocycles. The third kappa shape index (κ3) is 4.27. The van der Waals surface area contributed by atoms with E-state index in [0.717, 1.165) is 5.56 Å². The summed E-state index contributed by atoms with van der Waals surface area (Å²) in [5, 5.41) is 60.2. The number of rotatable bonds is 4. The molecule has 0 saturated carbocycles. The highest BCUT2D eigenvalue weighted by Crippen LogP contribution is 2.53. The first-order valence-electron chi connectivity index (χ1n) is 10.8. The molecule has 0 aliphatic carbocycles. The Balaban J connectivity index is 1.68. The highest BCUT2D eigenvalue weighted by atomic mass is 16.5. The lowest BCUT2D eigenvalue weighted by Crippen LogP contribution is -2.12. The van der Waals surface area contributed by atoms with Gasteiger partial charge in [-0.25, -0.2) is 0 Å². The Hall–Kier alpha value is -4.78. The van der Waals surface area contributed by atoms with Crippen LogP contribution in [-0.4, -0.2) is 30.6 Å². The van der Waals surface area contributed by atoms with Crippen molar-refractivity contribution in [1.29, 1.82) is 0 Å². The van der Waals surface area contributed by atoms with Crippen LogP contribution in [0.1, 0.15) is 39.8 Å². The molecule has 0 saturated heterocycles. The van der Waals surface area contributed by atoms with Gasteiger partial charge in [-0.1, -0.05) is 30.4 Å². The smallest absolute Gasteiger partial charge is 0.157 e. The lowest BCUT2D eigenvalue weighted by atomic mass is 9.82. The molecular weight excluding hydrogens is 448 g/mol. The predicted molar refractivity (Wildman–Crippen MR) is 130 cm³/mol. The van der Waals surface area contributed by atoms with Gasteiger partial charge in [0, 0.05) is 17.7 Å².